The largest absolute Gasteiger partial charge is 0.464 e. The van der Waals surface area contributed by atoms with E-state index in [1.54, 1.807) is 6.26 Å². The average molecular weight is 268 g/mol. The van der Waals surface area contributed by atoms with E-state index in [0.717, 1.165) is 5.75 Å². The summed E-state index contributed by atoms with van der Waals surface area (Å²) in [5.74, 6) is 0.927. The van der Waals surface area contributed by atoms with Gasteiger partial charge in [-0.3, -0.25) is 0 Å². The molecule has 2 aliphatic rings. The molecule has 98 valence electrons. The number of allylic oxidation sites excluding steroid dienone is 2. The molecule has 0 atom stereocenters. The molecule has 0 fully saturated rings. The van der Waals surface area contributed by atoms with Gasteiger partial charge in [0.05, 0.1) is 6.26 Å². The minimum atomic E-state index is 0.927. The number of hydrogen-bond acceptors (Lipinski definition) is 1. The first-order valence-corrected chi connectivity index (χ1v) is 7.13. The minimum Gasteiger partial charge on any atom is -0.464 e. The number of fused-ring (bicyclic) bond motifs is 5. The zero-order chi connectivity index (χ0) is 13.8. The van der Waals surface area contributed by atoms with Crippen LogP contribution in [0.2, 0.25) is 0 Å². The molecule has 0 amide bonds. The van der Waals surface area contributed by atoms with Crippen LogP contribution in [0.3, 0.4) is 0 Å². The quantitative estimate of drug-likeness (QED) is 0.414. The van der Waals surface area contributed by atoms with Gasteiger partial charge in [-0.1, -0.05) is 54.6 Å². The molecule has 0 radical (unpaired) electrons. The SMILES string of the molecule is C1=COc2cc3cccc4c3c(c2C=C1)-c1ccccc1-4. The molecule has 3 aromatic rings. The van der Waals surface area contributed by atoms with E-state index in [9.17, 15) is 0 Å². The first kappa shape index (κ1) is 10.9. The third-order valence-corrected chi connectivity index (χ3v) is 4.30. The highest BCUT2D eigenvalue weighted by Gasteiger charge is 2.25. The van der Waals surface area contributed by atoms with E-state index in [4.69, 9.17) is 4.74 Å². The molecule has 1 nitrogen and oxygen atoms in total. The van der Waals surface area contributed by atoms with Crippen molar-refractivity contribution in [3.05, 3.63) is 72.5 Å². The van der Waals surface area contributed by atoms with Crippen molar-refractivity contribution >= 4 is 16.8 Å². The monoisotopic (exact) mass is 268 g/mol. The zero-order valence-corrected chi connectivity index (χ0v) is 11.3. The highest BCUT2D eigenvalue weighted by atomic mass is 16.5. The highest BCUT2D eigenvalue weighted by molar-refractivity contribution is 6.18. The van der Waals surface area contributed by atoms with Crippen LogP contribution in [0, 0.1) is 0 Å². The van der Waals surface area contributed by atoms with Gasteiger partial charge in [0, 0.05) is 11.1 Å². The molecule has 0 unspecified atom stereocenters. The van der Waals surface area contributed by atoms with Gasteiger partial charge in [-0.05, 0) is 39.6 Å². The molecule has 0 N–H and O–H groups in total. The van der Waals surface area contributed by atoms with Gasteiger partial charge < -0.3 is 4.74 Å². The maximum Gasteiger partial charge on any atom is 0.134 e. The normalized spacial score (nSPS) is 13.7. The van der Waals surface area contributed by atoms with Crippen LogP contribution < -0.4 is 4.74 Å². The van der Waals surface area contributed by atoms with Crippen LogP contribution in [0.15, 0.2) is 66.9 Å². The Morgan fingerprint density at radius 2 is 1.62 bits per heavy atom. The second-order valence-corrected chi connectivity index (χ2v) is 5.42. The van der Waals surface area contributed by atoms with Crippen LogP contribution in [0.4, 0.5) is 0 Å². The Kier molecular flexibility index (Phi) is 2.01. The van der Waals surface area contributed by atoms with Gasteiger partial charge in [0.15, 0.2) is 0 Å². The van der Waals surface area contributed by atoms with Crippen LogP contribution in [0.5, 0.6) is 5.75 Å². The molecule has 21 heavy (non-hydrogen) atoms. The highest BCUT2D eigenvalue weighted by Crippen LogP contribution is 2.51. The summed E-state index contributed by atoms with van der Waals surface area (Å²) in [6.07, 6.45) is 7.86. The molecule has 0 bridgehead atoms. The number of benzene rings is 3. The fraction of sp³-hybridized carbons (Fsp3) is 0. The van der Waals surface area contributed by atoms with E-state index >= 15 is 0 Å². The van der Waals surface area contributed by atoms with Crippen LogP contribution in [-0.2, 0) is 0 Å². The molecule has 0 aromatic heterocycles. The Labute approximate surface area is 122 Å². The Balaban J connectivity index is 2.03. The van der Waals surface area contributed by atoms with E-state index < -0.39 is 0 Å². The van der Waals surface area contributed by atoms with E-state index in [-0.39, 0.29) is 0 Å². The van der Waals surface area contributed by atoms with E-state index in [2.05, 4.69) is 54.6 Å². The summed E-state index contributed by atoms with van der Waals surface area (Å²) in [6, 6.07) is 17.3. The molecule has 0 saturated carbocycles. The fourth-order valence-electron chi connectivity index (χ4n) is 3.46. The molecule has 3 aromatic carbocycles. The predicted octanol–water partition coefficient (Wildman–Crippen LogP) is 5.41. The lowest BCUT2D eigenvalue weighted by Gasteiger charge is -2.11. The first-order valence-electron chi connectivity index (χ1n) is 7.13. The predicted molar refractivity (Wildman–Crippen MR) is 87.2 cm³/mol. The van der Waals surface area contributed by atoms with Crippen molar-refractivity contribution in [2.75, 3.05) is 0 Å². The van der Waals surface area contributed by atoms with Gasteiger partial charge in [-0.15, -0.1) is 0 Å². The topological polar surface area (TPSA) is 9.23 Å². The molecule has 1 aliphatic heterocycles. The van der Waals surface area contributed by atoms with Crippen molar-refractivity contribution in [2.24, 2.45) is 0 Å². The van der Waals surface area contributed by atoms with Crippen LogP contribution in [-0.4, -0.2) is 0 Å². The fourth-order valence-corrected chi connectivity index (χ4v) is 3.46. The van der Waals surface area contributed by atoms with Crippen molar-refractivity contribution in [3.63, 3.8) is 0 Å². The molecule has 1 heteroatoms. The van der Waals surface area contributed by atoms with E-state index in [1.165, 1.54) is 38.6 Å². The summed E-state index contributed by atoms with van der Waals surface area (Å²) < 4.78 is 5.79. The molecule has 0 saturated heterocycles. The Morgan fingerprint density at radius 1 is 0.762 bits per heavy atom. The van der Waals surface area contributed by atoms with Crippen molar-refractivity contribution in [1.82, 2.24) is 0 Å². The van der Waals surface area contributed by atoms with Gasteiger partial charge in [-0.2, -0.15) is 0 Å². The van der Waals surface area contributed by atoms with Crippen LogP contribution >= 0.6 is 0 Å². The molecule has 0 spiro atoms. The van der Waals surface area contributed by atoms with Crippen molar-refractivity contribution in [3.8, 4) is 28.0 Å². The Morgan fingerprint density at radius 3 is 2.57 bits per heavy atom. The summed E-state index contributed by atoms with van der Waals surface area (Å²) >= 11 is 0. The Bertz CT molecular complexity index is 961. The van der Waals surface area contributed by atoms with Gasteiger partial charge in [0.25, 0.3) is 0 Å². The average Bonchev–Trinajstić information content (AvgIpc) is 2.69. The molecule has 1 aliphatic carbocycles. The van der Waals surface area contributed by atoms with Crippen LogP contribution in [0.25, 0.3) is 39.1 Å². The Hall–Kier alpha value is -2.80. The summed E-state index contributed by atoms with van der Waals surface area (Å²) in [6.45, 7) is 0. The minimum absolute atomic E-state index is 0.927. The second-order valence-electron chi connectivity index (χ2n) is 5.42. The summed E-state index contributed by atoms with van der Waals surface area (Å²) in [5.41, 5.74) is 6.41. The number of ether oxygens (including phenoxy) is 1. The smallest absolute Gasteiger partial charge is 0.134 e. The molecule has 1 heterocycles. The lowest BCUT2D eigenvalue weighted by atomic mass is 9.96. The second kappa shape index (κ2) is 3.86. The lowest BCUT2D eigenvalue weighted by molar-refractivity contribution is 0.482. The standard InChI is InChI=1S/C20H12O/c1-2-8-16-14(7-1)15-10-5-6-13-12-18-17(20(16)19(13)15)9-3-4-11-21-18/h1-12H. The third-order valence-electron chi connectivity index (χ3n) is 4.30. The number of rotatable bonds is 0. The van der Waals surface area contributed by atoms with E-state index in [0.29, 0.717) is 0 Å². The van der Waals surface area contributed by atoms with Gasteiger partial charge in [-0.25, -0.2) is 0 Å². The van der Waals surface area contributed by atoms with Gasteiger partial charge >= 0.3 is 0 Å². The summed E-state index contributed by atoms with van der Waals surface area (Å²) in [4.78, 5) is 0. The number of hydrogen-bond donors (Lipinski definition) is 0. The summed E-state index contributed by atoms with van der Waals surface area (Å²) in [7, 11) is 0. The first-order chi connectivity index (χ1) is 10.4. The molecule has 5 rings (SSSR count). The zero-order valence-electron chi connectivity index (χ0n) is 11.3. The van der Waals surface area contributed by atoms with Gasteiger partial charge in [0.2, 0.25) is 0 Å². The van der Waals surface area contributed by atoms with Crippen molar-refractivity contribution in [1.29, 1.82) is 0 Å². The molecular formula is C20H12O. The van der Waals surface area contributed by atoms with Crippen molar-refractivity contribution < 1.29 is 4.74 Å². The molecular weight excluding hydrogens is 256 g/mol. The van der Waals surface area contributed by atoms with Gasteiger partial charge in [0.1, 0.15) is 5.75 Å². The van der Waals surface area contributed by atoms with E-state index in [1.807, 2.05) is 12.2 Å². The lowest BCUT2D eigenvalue weighted by Crippen LogP contribution is -1.89. The maximum absolute atomic E-state index is 5.79. The maximum atomic E-state index is 5.79. The summed E-state index contributed by atoms with van der Waals surface area (Å²) in [5, 5.41) is 2.58. The third kappa shape index (κ3) is 1.35. The van der Waals surface area contributed by atoms with Crippen LogP contribution in [0.1, 0.15) is 5.56 Å². The van der Waals surface area contributed by atoms with Crippen molar-refractivity contribution in [2.45, 2.75) is 0 Å².